The molecule has 180 valence electrons. The number of carbonyl (C=O) groups excluding carboxylic acids is 1. The molecular formula is C23H22F2N8O2. The lowest BCUT2D eigenvalue weighted by atomic mass is 10.0. The third-order valence-corrected chi connectivity index (χ3v) is 6.58. The normalized spacial score (nSPS) is 16.6. The Morgan fingerprint density at radius 3 is 2.74 bits per heavy atom. The van der Waals surface area contributed by atoms with E-state index in [0.29, 0.717) is 22.3 Å². The maximum Gasteiger partial charge on any atom is 0.326 e. The fraction of sp³-hybridized carbons (Fsp3) is 0.348. The number of nitrogens with one attached hydrogen (secondary N) is 2. The third-order valence-electron chi connectivity index (χ3n) is 6.58. The predicted octanol–water partition coefficient (Wildman–Crippen LogP) is 5.03. The molecule has 35 heavy (non-hydrogen) atoms. The Morgan fingerprint density at radius 1 is 1.23 bits per heavy atom. The van der Waals surface area contributed by atoms with Crippen LogP contribution < -0.4 is 16.4 Å². The van der Waals surface area contributed by atoms with Gasteiger partial charge in [-0.05, 0) is 37.8 Å². The largest absolute Gasteiger partial charge is 0.383 e. The van der Waals surface area contributed by atoms with Crippen molar-refractivity contribution in [2.24, 2.45) is 0 Å². The second kappa shape index (κ2) is 7.72. The number of hydrogen-bond donors (Lipinski definition) is 3. The average molecular weight is 480 g/mol. The summed E-state index contributed by atoms with van der Waals surface area (Å²) in [4.78, 5) is 20.8. The first-order chi connectivity index (χ1) is 16.8. The zero-order valence-electron chi connectivity index (χ0n) is 18.8. The Hall–Kier alpha value is -4.09. The number of alkyl halides is 2. The summed E-state index contributed by atoms with van der Waals surface area (Å²) in [6.07, 6.45) is 2.45. The number of fused-ring (bicyclic) bond motifs is 1. The number of rotatable bonds is 6. The zero-order valence-corrected chi connectivity index (χ0v) is 18.8. The van der Waals surface area contributed by atoms with Gasteiger partial charge in [-0.3, -0.25) is 5.32 Å². The zero-order chi connectivity index (χ0) is 24.3. The number of carbonyl (C=O) groups is 1. The predicted molar refractivity (Wildman–Crippen MR) is 124 cm³/mol. The van der Waals surface area contributed by atoms with E-state index in [1.54, 1.807) is 16.8 Å². The van der Waals surface area contributed by atoms with E-state index in [9.17, 15) is 13.6 Å². The van der Waals surface area contributed by atoms with Crippen LogP contribution in [-0.4, -0.2) is 30.9 Å². The van der Waals surface area contributed by atoms with Gasteiger partial charge in [0.05, 0.1) is 22.8 Å². The topological polar surface area (TPSA) is 137 Å². The van der Waals surface area contributed by atoms with Crippen molar-refractivity contribution >= 4 is 34.5 Å². The van der Waals surface area contributed by atoms with Crippen LogP contribution in [0.1, 0.15) is 56.3 Å². The van der Waals surface area contributed by atoms with Gasteiger partial charge in [-0.15, -0.1) is 0 Å². The Labute approximate surface area is 197 Å². The van der Waals surface area contributed by atoms with Gasteiger partial charge in [0.2, 0.25) is 5.88 Å². The number of urea groups is 1. The second-order valence-corrected chi connectivity index (χ2v) is 9.30. The van der Waals surface area contributed by atoms with Crippen molar-refractivity contribution < 1.29 is 18.1 Å². The molecule has 0 unspecified atom stereocenters. The molecule has 2 amide bonds. The molecule has 0 saturated heterocycles. The minimum atomic E-state index is -2.85. The molecule has 2 fully saturated rings. The van der Waals surface area contributed by atoms with Crippen LogP contribution in [-0.2, 0) is 5.41 Å². The number of nitrogen functional groups attached to an aromatic ring is 1. The van der Waals surface area contributed by atoms with Crippen molar-refractivity contribution in [2.45, 2.75) is 50.5 Å². The van der Waals surface area contributed by atoms with Crippen LogP contribution in [0, 0.1) is 0 Å². The standard InChI is InChI=1S/C23H22F2N8O2/c1-23(6-7-23)15-9-16(35-32-15)30-22(34)29-14-5-2-11(8-13(14)19(24)25)18-17-20(26)27-10-28-21(17)33(31-18)12-3-4-12/h2,5,8-10,12,19H,3-4,6-7H2,1H3,(H2,26,27,28)(H2,29,30,34). The van der Waals surface area contributed by atoms with Crippen molar-refractivity contribution in [1.29, 1.82) is 0 Å². The molecule has 0 radical (unpaired) electrons. The van der Waals surface area contributed by atoms with Crippen molar-refractivity contribution in [3.63, 3.8) is 0 Å². The van der Waals surface area contributed by atoms with Gasteiger partial charge in [-0.1, -0.05) is 18.1 Å². The number of benzene rings is 1. The van der Waals surface area contributed by atoms with Crippen LogP contribution in [0.4, 0.5) is 31.0 Å². The minimum absolute atomic E-state index is 0.0241. The highest BCUT2D eigenvalue weighted by atomic mass is 19.3. The lowest BCUT2D eigenvalue weighted by Gasteiger charge is -2.12. The van der Waals surface area contributed by atoms with E-state index in [4.69, 9.17) is 10.3 Å². The maximum absolute atomic E-state index is 14.0. The average Bonchev–Trinajstić information content (AvgIpc) is 3.72. The Kier molecular flexibility index (Phi) is 4.73. The van der Waals surface area contributed by atoms with E-state index < -0.39 is 12.5 Å². The first-order valence-electron chi connectivity index (χ1n) is 11.3. The first-order valence-corrected chi connectivity index (χ1v) is 11.3. The summed E-state index contributed by atoms with van der Waals surface area (Å²) in [5.41, 5.74) is 7.85. The highest BCUT2D eigenvalue weighted by Gasteiger charge is 2.42. The SMILES string of the molecule is CC1(c2cc(NC(=O)Nc3ccc(-c4nn(C5CC5)c5ncnc(N)c45)cc3C(F)F)on2)CC1. The maximum atomic E-state index is 14.0. The minimum Gasteiger partial charge on any atom is -0.383 e. The van der Waals surface area contributed by atoms with Crippen LogP contribution >= 0.6 is 0 Å². The fourth-order valence-corrected chi connectivity index (χ4v) is 4.10. The van der Waals surface area contributed by atoms with E-state index in [1.807, 2.05) is 0 Å². The Balaban J connectivity index is 1.29. The summed E-state index contributed by atoms with van der Waals surface area (Å²) in [7, 11) is 0. The lowest BCUT2D eigenvalue weighted by molar-refractivity contribution is 0.152. The van der Waals surface area contributed by atoms with E-state index in [1.165, 1.54) is 18.5 Å². The molecule has 3 aromatic heterocycles. The van der Waals surface area contributed by atoms with E-state index in [0.717, 1.165) is 31.4 Å². The van der Waals surface area contributed by atoms with Crippen molar-refractivity contribution in [1.82, 2.24) is 24.9 Å². The van der Waals surface area contributed by atoms with Crippen LogP contribution in [0.15, 0.2) is 35.1 Å². The van der Waals surface area contributed by atoms with Gasteiger partial charge in [0.15, 0.2) is 5.65 Å². The van der Waals surface area contributed by atoms with Crippen LogP contribution in [0.5, 0.6) is 0 Å². The number of anilines is 3. The molecule has 4 N–H and O–H groups in total. The summed E-state index contributed by atoms with van der Waals surface area (Å²) in [5, 5.41) is 14.1. The highest BCUT2D eigenvalue weighted by Crippen LogP contribution is 2.47. The molecule has 2 aliphatic rings. The van der Waals surface area contributed by atoms with Crippen molar-refractivity contribution in [3.05, 3.63) is 41.9 Å². The van der Waals surface area contributed by atoms with Gasteiger partial charge in [0.1, 0.15) is 17.8 Å². The molecule has 3 heterocycles. The smallest absolute Gasteiger partial charge is 0.326 e. The molecule has 0 atom stereocenters. The summed E-state index contributed by atoms with van der Waals surface area (Å²) in [5.74, 6) is 0.372. The molecule has 4 aromatic rings. The Bertz CT molecular complexity index is 1460. The second-order valence-electron chi connectivity index (χ2n) is 9.30. The third kappa shape index (κ3) is 3.84. The van der Waals surface area contributed by atoms with Crippen molar-refractivity contribution in [2.75, 3.05) is 16.4 Å². The van der Waals surface area contributed by atoms with E-state index in [2.05, 4.69) is 37.8 Å². The molecule has 0 spiro atoms. The molecule has 0 aliphatic heterocycles. The molecule has 2 saturated carbocycles. The molecule has 1 aromatic carbocycles. The van der Waals surface area contributed by atoms with Gasteiger partial charge >= 0.3 is 6.03 Å². The highest BCUT2D eigenvalue weighted by molar-refractivity contribution is 6.01. The number of hydrogen-bond acceptors (Lipinski definition) is 7. The number of halogens is 2. The van der Waals surface area contributed by atoms with Crippen LogP contribution in [0.2, 0.25) is 0 Å². The lowest BCUT2D eigenvalue weighted by Crippen LogP contribution is -2.20. The van der Waals surface area contributed by atoms with Gasteiger partial charge in [0, 0.05) is 22.6 Å². The molecular weight excluding hydrogens is 458 g/mol. The van der Waals surface area contributed by atoms with E-state index >= 15 is 0 Å². The van der Waals surface area contributed by atoms with Gasteiger partial charge in [-0.25, -0.2) is 28.2 Å². The molecule has 12 heteroatoms. The summed E-state index contributed by atoms with van der Waals surface area (Å²) >= 11 is 0. The number of nitrogens with two attached hydrogens (primary N) is 1. The number of amides is 2. The summed E-state index contributed by atoms with van der Waals surface area (Å²) < 4.78 is 35.0. The molecule has 0 bridgehead atoms. The van der Waals surface area contributed by atoms with Gasteiger partial charge < -0.3 is 15.6 Å². The molecule has 10 nitrogen and oxygen atoms in total. The van der Waals surface area contributed by atoms with Crippen molar-refractivity contribution in [3.8, 4) is 11.3 Å². The summed E-state index contributed by atoms with van der Waals surface area (Å²) in [6, 6.07) is 5.45. The number of aromatic nitrogens is 5. The summed E-state index contributed by atoms with van der Waals surface area (Å²) in [6.45, 7) is 2.06. The first kappa shape index (κ1) is 21.4. The van der Waals surface area contributed by atoms with Gasteiger partial charge in [0.25, 0.3) is 6.43 Å². The van der Waals surface area contributed by atoms with Crippen LogP contribution in [0.3, 0.4) is 0 Å². The monoisotopic (exact) mass is 480 g/mol. The molecule has 2 aliphatic carbocycles. The number of nitrogens with zero attached hydrogens (tertiary/aromatic N) is 5. The molecule has 6 rings (SSSR count). The van der Waals surface area contributed by atoms with Gasteiger partial charge in [-0.2, -0.15) is 5.10 Å². The fourth-order valence-electron chi connectivity index (χ4n) is 4.10. The van der Waals surface area contributed by atoms with Crippen LogP contribution in [0.25, 0.3) is 22.3 Å². The Morgan fingerprint density at radius 2 is 2.03 bits per heavy atom. The quantitative estimate of drug-likeness (QED) is 0.352. The van der Waals surface area contributed by atoms with E-state index in [-0.39, 0.29) is 34.4 Å².